The number of alkyl carbamates (subject to hydrolysis) is 1. The standard InChI is InChI=1S/C26H37N3O3/c1-18(2)29(19(3)4)24(30)23(21-14-11-15-27-16-21)22(20-12-9-8-10-13-20)17-28-25(31)32-26(5,6)7/h8-16,18-19,22-23H,17H2,1-7H3,(H,28,31). The quantitative estimate of drug-likeness (QED) is 0.620. The van der Waals surface area contributed by atoms with Gasteiger partial charge in [0, 0.05) is 36.9 Å². The molecule has 0 saturated heterocycles. The fourth-order valence-electron chi connectivity index (χ4n) is 4.01. The number of benzene rings is 1. The topological polar surface area (TPSA) is 71.5 Å². The van der Waals surface area contributed by atoms with Crippen molar-refractivity contribution < 1.29 is 14.3 Å². The lowest BCUT2D eigenvalue weighted by Gasteiger charge is -2.37. The number of nitrogens with zero attached hydrogens (tertiary/aromatic N) is 2. The minimum Gasteiger partial charge on any atom is -0.444 e. The first-order valence-electron chi connectivity index (χ1n) is 11.2. The average molecular weight is 440 g/mol. The summed E-state index contributed by atoms with van der Waals surface area (Å²) in [4.78, 5) is 32.6. The minimum absolute atomic E-state index is 0.0165. The average Bonchev–Trinajstić information content (AvgIpc) is 2.70. The number of carbonyl (C=O) groups is 2. The van der Waals surface area contributed by atoms with Gasteiger partial charge < -0.3 is 15.0 Å². The zero-order valence-corrected chi connectivity index (χ0v) is 20.3. The molecule has 6 nitrogen and oxygen atoms in total. The fourth-order valence-corrected chi connectivity index (χ4v) is 4.01. The van der Waals surface area contributed by atoms with E-state index in [4.69, 9.17) is 4.74 Å². The van der Waals surface area contributed by atoms with Gasteiger partial charge in [-0.2, -0.15) is 0 Å². The molecule has 0 aliphatic carbocycles. The van der Waals surface area contributed by atoms with Gasteiger partial charge in [-0.15, -0.1) is 0 Å². The van der Waals surface area contributed by atoms with Gasteiger partial charge >= 0.3 is 6.09 Å². The number of carbonyl (C=O) groups excluding carboxylic acids is 2. The predicted molar refractivity (Wildman–Crippen MR) is 128 cm³/mol. The van der Waals surface area contributed by atoms with Crippen LogP contribution in [-0.2, 0) is 9.53 Å². The second-order valence-corrected chi connectivity index (χ2v) is 9.60. The van der Waals surface area contributed by atoms with Crippen LogP contribution in [0.25, 0.3) is 0 Å². The van der Waals surface area contributed by atoms with E-state index in [-0.39, 0.29) is 30.5 Å². The van der Waals surface area contributed by atoms with Crippen molar-refractivity contribution in [1.82, 2.24) is 15.2 Å². The smallest absolute Gasteiger partial charge is 0.407 e. The number of aromatic nitrogens is 1. The number of hydrogen-bond acceptors (Lipinski definition) is 4. The maximum absolute atomic E-state index is 14.0. The summed E-state index contributed by atoms with van der Waals surface area (Å²) in [6.45, 7) is 13.8. The highest BCUT2D eigenvalue weighted by molar-refractivity contribution is 5.85. The van der Waals surface area contributed by atoms with Crippen molar-refractivity contribution >= 4 is 12.0 Å². The van der Waals surface area contributed by atoms with Crippen LogP contribution in [0.2, 0.25) is 0 Å². The summed E-state index contributed by atoms with van der Waals surface area (Å²) in [6.07, 6.45) is 2.94. The molecule has 2 rings (SSSR count). The Balaban J connectivity index is 2.49. The second kappa shape index (κ2) is 11.1. The van der Waals surface area contributed by atoms with Crippen LogP contribution >= 0.6 is 0 Å². The molecule has 6 heteroatoms. The second-order valence-electron chi connectivity index (χ2n) is 9.60. The number of pyridine rings is 1. The van der Waals surface area contributed by atoms with Crippen molar-refractivity contribution in [3.8, 4) is 0 Å². The molecule has 2 amide bonds. The zero-order chi connectivity index (χ0) is 23.9. The summed E-state index contributed by atoms with van der Waals surface area (Å²) >= 11 is 0. The Morgan fingerprint density at radius 3 is 2.06 bits per heavy atom. The first-order chi connectivity index (χ1) is 15.0. The van der Waals surface area contributed by atoms with E-state index >= 15 is 0 Å². The van der Waals surface area contributed by atoms with Gasteiger partial charge in [-0.05, 0) is 65.7 Å². The molecule has 0 bridgehead atoms. The van der Waals surface area contributed by atoms with Crippen LogP contribution in [0.1, 0.15) is 71.4 Å². The highest BCUT2D eigenvalue weighted by Crippen LogP contribution is 2.35. The van der Waals surface area contributed by atoms with E-state index in [2.05, 4.69) is 10.3 Å². The summed E-state index contributed by atoms with van der Waals surface area (Å²) in [6, 6.07) is 13.7. The van der Waals surface area contributed by atoms with E-state index < -0.39 is 17.6 Å². The molecule has 0 aliphatic heterocycles. The molecule has 1 N–H and O–H groups in total. The molecular weight excluding hydrogens is 402 g/mol. The van der Waals surface area contributed by atoms with Gasteiger partial charge in [-0.25, -0.2) is 4.79 Å². The van der Waals surface area contributed by atoms with Gasteiger partial charge in [0.25, 0.3) is 0 Å². The van der Waals surface area contributed by atoms with Gasteiger partial charge in [0.2, 0.25) is 5.91 Å². The first kappa shape index (κ1) is 25.4. The van der Waals surface area contributed by atoms with Crippen LogP contribution in [-0.4, -0.2) is 46.1 Å². The third-order valence-corrected chi connectivity index (χ3v) is 5.17. The summed E-state index contributed by atoms with van der Waals surface area (Å²) in [5.41, 5.74) is 1.19. The molecule has 2 aromatic rings. The summed E-state index contributed by atoms with van der Waals surface area (Å²) in [5.74, 6) is -0.783. The Hall–Kier alpha value is -2.89. The van der Waals surface area contributed by atoms with Gasteiger partial charge in [-0.3, -0.25) is 9.78 Å². The van der Waals surface area contributed by atoms with Crippen molar-refractivity contribution in [2.24, 2.45) is 0 Å². The lowest BCUT2D eigenvalue weighted by Crippen LogP contribution is -2.47. The van der Waals surface area contributed by atoms with E-state index in [1.54, 1.807) is 12.4 Å². The molecule has 0 spiro atoms. The van der Waals surface area contributed by atoms with E-state index in [0.717, 1.165) is 11.1 Å². The zero-order valence-electron chi connectivity index (χ0n) is 20.3. The highest BCUT2D eigenvalue weighted by Gasteiger charge is 2.36. The van der Waals surface area contributed by atoms with E-state index in [9.17, 15) is 9.59 Å². The summed E-state index contributed by atoms with van der Waals surface area (Å²) in [7, 11) is 0. The number of amides is 2. The normalized spacial score (nSPS) is 13.5. The third kappa shape index (κ3) is 7.08. The molecule has 2 atom stereocenters. The van der Waals surface area contributed by atoms with Crippen LogP contribution in [0.3, 0.4) is 0 Å². The van der Waals surface area contributed by atoms with Crippen LogP contribution in [0.4, 0.5) is 4.79 Å². The molecule has 1 aromatic heterocycles. The highest BCUT2D eigenvalue weighted by atomic mass is 16.6. The number of rotatable bonds is 8. The third-order valence-electron chi connectivity index (χ3n) is 5.17. The minimum atomic E-state index is -0.600. The molecule has 2 unspecified atom stereocenters. The number of nitrogens with one attached hydrogen (secondary N) is 1. The van der Waals surface area contributed by atoms with Gasteiger partial charge in [0.1, 0.15) is 5.60 Å². The van der Waals surface area contributed by atoms with Gasteiger partial charge in [-0.1, -0.05) is 36.4 Å². The molecule has 174 valence electrons. The Bertz CT molecular complexity index is 853. The van der Waals surface area contributed by atoms with Crippen LogP contribution in [0.15, 0.2) is 54.9 Å². The molecule has 1 aromatic carbocycles. The van der Waals surface area contributed by atoms with Crippen molar-refractivity contribution in [3.63, 3.8) is 0 Å². The first-order valence-corrected chi connectivity index (χ1v) is 11.2. The molecule has 0 fully saturated rings. The molecule has 32 heavy (non-hydrogen) atoms. The maximum atomic E-state index is 14.0. The van der Waals surface area contributed by atoms with Gasteiger partial charge in [0.15, 0.2) is 0 Å². The molecule has 0 radical (unpaired) electrons. The van der Waals surface area contributed by atoms with Gasteiger partial charge in [0.05, 0.1) is 5.92 Å². The Morgan fingerprint density at radius 2 is 1.56 bits per heavy atom. The van der Waals surface area contributed by atoms with Crippen molar-refractivity contribution in [3.05, 3.63) is 66.0 Å². The Kier molecular flexibility index (Phi) is 8.81. The lowest BCUT2D eigenvalue weighted by molar-refractivity contribution is -0.137. The fraction of sp³-hybridized carbons (Fsp3) is 0.500. The molecule has 0 saturated carbocycles. The predicted octanol–water partition coefficient (Wildman–Crippen LogP) is 5.12. The van der Waals surface area contributed by atoms with Crippen molar-refractivity contribution in [2.45, 2.75) is 78.0 Å². The monoisotopic (exact) mass is 439 g/mol. The SMILES string of the molecule is CC(C)N(C(=O)C(c1cccnc1)C(CNC(=O)OC(C)(C)C)c1ccccc1)C(C)C. The molecule has 0 aliphatic rings. The lowest BCUT2D eigenvalue weighted by atomic mass is 9.80. The molecular formula is C26H37N3O3. The largest absolute Gasteiger partial charge is 0.444 e. The Morgan fingerprint density at radius 1 is 0.969 bits per heavy atom. The van der Waals surface area contributed by atoms with Crippen LogP contribution < -0.4 is 5.32 Å². The van der Waals surface area contributed by atoms with E-state index in [1.807, 2.05) is 95.8 Å². The van der Waals surface area contributed by atoms with Crippen molar-refractivity contribution in [1.29, 1.82) is 0 Å². The van der Waals surface area contributed by atoms with E-state index in [0.29, 0.717) is 0 Å². The number of hydrogen-bond donors (Lipinski definition) is 1. The maximum Gasteiger partial charge on any atom is 0.407 e. The van der Waals surface area contributed by atoms with Crippen LogP contribution in [0, 0.1) is 0 Å². The Labute approximate surface area is 192 Å². The van der Waals surface area contributed by atoms with Crippen LogP contribution in [0.5, 0.6) is 0 Å². The summed E-state index contributed by atoms with van der Waals surface area (Å²) in [5, 5.41) is 2.89. The number of ether oxygens (including phenoxy) is 1. The van der Waals surface area contributed by atoms with Crippen molar-refractivity contribution in [2.75, 3.05) is 6.54 Å². The van der Waals surface area contributed by atoms with E-state index in [1.165, 1.54) is 0 Å². The summed E-state index contributed by atoms with van der Waals surface area (Å²) < 4.78 is 5.44. The molecule has 1 heterocycles.